The lowest BCUT2D eigenvalue weighted by molar-refractivity contribution is -0.149. The Morgan fingerprint density at radius 3 is 2.85 bits per heavy atom. The molecule has 0 amide bonds. The van der Waals surface area contributed by atoms with E-state index in [1.165, 1.54) is 12.8 Å². The first-order valence-corrected chi connectivity index (χ1v) is 7.68. The third-order valence-corrected chi connectivity index (χ3v) is 3.67. The highest BCUT2D eigenvalue weighted by Gasteiger charge is 2.20. The molecule has 1 aromatic rings. The van der Waals surface area contributed by atoms with Gasteiger partial charge in [0.05, 0.1) is 6.10 Å². The molecule has 2 rings (SSSR count). The average Bonchev–Trinajstić information content (AvgIpc) is 3.19. The van der Waals surface area contributed by atoms with Crippen LogP contribution in [0.1, 0.15) is 32.3 Å². The monoisotopic (exact) mass is 341 g/mol. The minimum Gasteiger partial charge on any atom is -0.482 e. The zero-order valence-electron chi connectivity index (χ0n) is 11.8. The summed E-state index contributed by atoms with van der Waals surface area (Å²) in [7, 11) is 0. The normalized spacial score (nSPS) is 14.4. The van der Waals surface area contributed by atoms with Gasteiger partial charge in [0.25, 0.3) is 0 Å². The molecular formula is C15H20BrNO3. The number of carbonyl (C=O) groups excluding carboxylic acids is 1. The maximum atomic E-state index is 11.4. The van der Waals surface area contributed by atoms with Crippen LogP contribution >= 0.6 is 15.9 Å². The van der Waals surface area contributed by atoms with Crippen molar-refractivity contribution < 1.29 is 14.3 Å². The maximum absolute atomic E-state index is 11.4. The van der Waals surface area contributed by atoms with Crippen LogP contribution in [0.2, 0.25) is 0 Å². The highest BCUT2D eigenvalue weighted by molar-refractivity contribution is 9.10. The molecule has 0 spiro atoms. The SMILES string of the molecule is CC(C)OC(=O)COc1ccc(Br)c(CNC2CC2)c1. The second-order valence-electron chi connectivity index (χ2n) is 5.24. The fourth-order valence-corrected chi connectivity index (χ4v) is 2.14. The van der Waals surface area contributed by atoms with Gasteiger partial charge >= 0.3 is 5.97 Å². The summed E-state index contributed by atoms with van der Waals surface area (Å²) >= 11 is 3.53. The van der Waals surface area contributed by atoms with Crippen molar-refractivity contribution in [2.75, 3.05) is 6.61 Å². The lowest BCUT2D eigenvalue weighted by atomic mass is 10.2. The summed E-state index contributed by atoms with van der Waals surface area (Å²) < 4.78 is 11.5. The second-order valence-corrected chi connectivity index (χ2v) is 6.09. The van der Waals surface area contributed by atoms with Crippen molar-refractivity contribution in [3.8, 4) is 5.75 Å². The molecule has 1 aliphatic rings. The van der Waals surface area contributed by atoms with Crippen LogP contribution in [0.5, 0.6) is 5.75 Å². The smallest absolute Gasteiger partial charge is 0.344 e. The molecule has 0 bridgehead atoms. The van der Waals surface area contributed by atoms with E-state index >= 15 is 0 Å². The molecule has 1 saturated carbocycles. The molecule has 4 nitrogen and oxygen atoms in total. The summed E-state index contributed by atoms with van der Waals surface area (Å²) in [6.45, 7) is 4.38. The lowest BCUT2D eigenvalue weighted by Gasteiger charge is -2.11. The van der Waals surface area contributed by atoms with Crippen LogP contribution in [-0.2, 0) is 16.1 Å². The minimum atomic E-state index is -0.347. The lowest BCUT2D eigenvalue weighted by Crippen LogP contribution is -2.19. The van der Waals surface area contributed by atoms with Crippen molar-refractivity contribution >= 4 is 21.9 Å². The van der Waals surface area contributed by atoms with Crippen LogP contribution in [0, 0.1) is 0 Å². The molecule has 0 aliphatic heterocycles. The molecular weight excluding hydrogens is 322 g/mol. The molecule has 0 saturated heterocycles. The number of carbonyl (C=O) groups is 1. The quantitative estimate of drug-likeness (QED) is 0.774. The number of benzene rings is 1. The number of esters is 1. The first-order valence-electron chi connectivity index (χ1n) is 6.88. The molecule has 1 fully saturated rings. The number of rotatable bonds is 7. The van der Waals surface area contributed by atoms with Gasteiger partial charge in [-0.1, -0.05) is 15.9 Å². The first-order chi connectivity index (χ1) is 9.54. The Hall–Kier alpha value is -1.07. The molecule has 110 valence electrons. The van der Waals surface area contributed by atoms with Gasteiger partial charge in [-0.25, -0.2) is 4.79 Å². The van der Waals surface area contributed by atoms with E-state index in [4.69, 9.17) is 9.47 Å². The fraction of sp³-hybridized carbons (Fsp3) is 0.533. The number of halogens is 1. The van der Waals surface area contributed by atoms with Gasteiger partial charge in [-0.3, -0.25) is 0 Å². The zero-order chi connectivity index (χ0) is 14.5. The minimum absolute atomic E-state index is 0.0602. The Labute approximate surface area is 128 Å². The van der Waals surface area contributed by atoms with E-state index in [-0.39, 0.29) is 18.7 Å². The Balaban J connectivity index is 1.87. The summed E-state index contributed by atoms with van der Waals surface area (Å²) in [4.78, 5) is 11.4. The summed E-state index contributed by atoms with van der Waals surface area (Å²) in [5.74, 6) is 0.335. The first kappa shape index (κ1) is 15.3. The molecule has 20 heavy (non-hydrogen) atoms. The summed E-state index contributed by atoms with van der Waals surface area (Å²) in [6.07, 6.45) is 2.40. The molecule has 5 heteroatoms. The Bertz CT molecular complexity index is 472. The second kappa shape index (κ2) is 7.09. The molecule has 1 N–H and O–H groups in total. The van der Waals surface area contributed by atoms with Crippen LogP contribution < -0.4 is 10.1 Å². The fourth-order valence-electron chi connectivity index (χ4n) is 1.76. The Kier molecular flexibility index (Phi) is 5.43. The van der Waals surface area contributed by atoms with Crippen LogP contribution in [-0.4, -0.2) is 24.7 Å². The van der Waals surface area contributed by atoms with Crippen LogP contribution in [0.15, 0.2) is 22.7 Å². The van der Waals surface area contributed by atoms with Crippen LogP contribution in [0.3, 0.4) is 0 Å². The third kappa shape index (κ3) is 5.13. The maximum Gasteiger partial charge on any atom is 0.344 e. The third-order valence-electron chi connectivity index (χ3n) is 2.90. The van der Waals surface area contributed by atoms with E-state index in [1.54, 1.807) is 0 Å². The van der Waals surface area contributed by atoms with E-state index in [1.807, 2.05) is 32.0 Å². The van der Waals surface area contributed by atoms with Crippen molar-refractivity contribution in [3.05, 3.63) is 28.2 Å². The van der Waals surface area contributed by atoms with Gasteiger partial charge in [-0.05, 0) is 50.5 Å². The van der Waals surface area contributed by atoms with Crippen molar-refractivity contribution in [3.63, 3.8) is 0 Å². The van der Waals surface area contributed by atoms with Crippen molar-refractivity contribution in [1.82, 2.24) is 5.32 Å². The van der Waals surface area contributed by atoms with Crippen LogP contribution in [0.25, 0.3) is 0 Å². The molecule has 1 aliphatic carbocycles. The van der Waals surface area contributed by atoms with Crippen molar-refractivity contribution in [2.45, 2.75) is 45.4 Å². The number of hydrogen-bond donors (Lipinski definition) is 1. The van der Waals surface area contributed by atoms with Crippen LogP contribution in [0.4, 0.5) is 0 Å². The standard InChI is InChI=1S/C15H20BrNO3/c1-10(2)20-15(18)9-19-13-5-6-14(16)11(7-13)8-17-12-3-4-12/h5-7,10,12,17H,3-4,8-9H2,1-2H3. The van der Waals surface area contributed by atoms with E-state index < -0.39 is 0 Å². The van der Waals surface area contributed by atoms with Crippen molar-refractivity contribution in [1.29, 1.82) is 0 Å². The topological polar surface area (TPSA) is 47.6 Å². The van der Waals surface area contributed by atoms with Gasteiger partial charge in [-0.2, -0.15) is 0 Å². The molecule has 0 aromatic heterocycles. The number of nitrogens with one attached hydrogen (secondary N) is 1. The van der Waals surface area contributed by atoms with E-state index in [0.717, 1.165) is 16.6 Å². The average molecular weight is 342 g/mol. The Morgan fingerprint density at radius 2 is 2.20 bits per heavy atom. The highest BCUT2D eigenvalue weighted by atomic mass is 79.9. The predicted molar refractivity (Wildman–Crippen MR) is 80.7 cm³/mol. The molecule has 0 heterocycles. The molecule has 0 radical (unpaired) electrons. The Morgan fingerprint density at radius 1 is 1.45 bits per heavy atom. The molecule has 1 aromatic carbocycles. The summed E-state index contributed by atoms with van der Waals surface area (Å²) in [6, 6.07) is 6.38. The predicted octanol–water partition coefficient (Wildman–Crippen LogP) is 3.03. The largest absolute Gasteiger partial charge is 0.482 e. The van der Waals surface area contributed by atoms with Gasteiger partial charge in [-0.15, -0.1) is 0 Å². The number of ether oxygens (including phenoxy) is 2. The van der Waals surface area contributed by atoms with Gasteiger partial charge in [0.15, 0.2) is 6.61 Å². The van der Waals surface area contributed by atoms with Crippen molar-refractivity contribution in [2.24, 2.45) is 0 Å². The summed E-state index contributed by atoms with van der Waals surface area (Å²) in [5.41, 5.74) is 1.13. The van der Waals surface area contributed by atoms with Gasteiger partial charge in [0.1, 0.15) is 5.75 Å². The van der Waals surface area contributed by atoms with Gasteiger partial charge < -0.3 is 14.8 Å². The zero-order valence-corrected chi connectivity index (χ0v) is 13.4. The molecule has 0 atom stereocenters. The van der Waals surface area contributed by atoms with Gasteiger partial charge in [0.2, 0.25) is 0 Å². The summed E-state index contributed by atoms with van der Waals surface area (Å²) in [5, 5.41) is 3.45. The van der Waals surface area contributed by atoms with Gasteiger partial charge in [0, 0.05) is 17.1 Å². The number of hydrogen-bond acceptors (Lipinski definition) is 4. The highest BCUT2D eigenvalue weighted by Crippen LogP contribution is 2.25. The van der Waals surface area contributed by atoms with E-state index in [2.05, 4.69) is 21.2 Å². The van der Waals surface area contributed by atoms with E-state index in [0.29, 0.717) is 11.8 Å². The molecule has 0 unspecified atom stereocenters. The van der Waals surface area contributed by atoms with E-state index in [9.17, 15) is 4.79 Å².